The molecule has 0 saturated heterocycles. The number of imidazole rings is 1. The first-order valence-electron chi connectivity index (χ1n) is 5.21. The molecule has 1 heterocycles. The molecule has 0 aliphatic heterocycles. The first kappa shape index (κ1) is 11.7. The van der Waals surface area contributed by atoms with E-state index in [1.54, 1.807) is 28.8 Å². The van der Waals surface area contributed by atoms with Crippen LogP contribution in [0.3, 0.4) is 0 Å². The molecule has 1 aromatic heterocycles. The fourth-order valence-electron chi connectivity index (χ4n) is 1.36. The van der Waals surface area contributed by atoms with Gasteiger partial charge in [0, 0.05) is 18.4 Å². The highest BCUT2D eigenvalue weighted by Crippen LogP contribution is 2.13. The van der Waals surface area contributed by atoms with E-state index in [1.165, 1.54) is 12.5 Å². The van der Waals surface area contributed by atoms with E-state index in [-0.39, 0.29) is 5.03 Å². The second kappa shape index (κ2) is 4.58. The van der Waals surface area contributed by atoms with Gasteiger partial charge in [0.1, 0.15) is 0 Å². The number of hydrogen-bond donors (Lipinski definition) is 1. The van der Waals surface area contributed by atoms with Crippen LogP contribution in [0, 0.1) is 0 Å². The SMILES string of the molecule is CCn1cnc(S(=O)(=O)Nc2ccccc2)c1. The Morgan fingerprint density at radius 3 is 2.59 bits per heavy atom. The van der Waals surface area contributed by atoms with Crippen molar-refractivity contribution >= 4 is 15.7 Å². The van der Waals surface area contributed by atoms with Crippen molar-refractivity contribution in [1.82, 2.24) is 9.55 Å². The topological polar surface area (TPSA) is 64.0 Å². The molecule has 0 saturated carbocycles. The van der Waals surface area contributed by atoms with Gasteiger partial charge < -0.3 is 4.57 Å². The largest absolute Gasteiger partial charge is 0.336 e. The molecule has 0 aliphatic carbocycles. The van der Waals surface area contributed by atoms with Crippen LogP contribution in [0.15, 0.2) is 47.9 Å². The average Bonchev–Trinajstić information content (AvgIpc) is 2.79. The Balaban J connectivity index is 2.25. The second-order valence-corrected chi connectivity index (χ2v) is 5.14. The second-order valence-electron chi connectivity index (χ2n) is 3.51. The van der Waals surface area contributed by atoms with Crippen molar-refractivity contribution < 1.29 is 8.42 Å². The molecule has 0 atom stereocenters. The van der Waals surface area contributed by atoms with Gasteiger partial charge in [-0.2, -0.15) is 8.42 Å². The van der Waals surface area contributed by atoms with E-state index < -0.39 is 10.0 Å². The normalized spacial score (nSPS) is 11.4. The molecule has 5 nitrogen and oxygen atoms in total. The van der Waals surface area contributed by atoms with Crippen molar-refractivity contribution in [2.45, 2.75) is 18.5 Å². The average molecular weight is 251 g/mol. The van der Waals surface area contributed by atoms with Crippen LogP contribution in [0.1, 0.15) is 6.92 Å². The summed E-state index contributed by atoms with van der Waals surface area (Å²) in [5.41, 5.74) is 0.526. The van der Waals surface area contributed by atoms with Gasteiger partial charge >= 0.3 is 0 Å². The smallest absolute Gasteiger partial charge is 0.280 e. The fraction of sp³-hybridized carbons (Fsp3) is 0.182. The maximum absolute atomic E-state index is 11.9. The summed E-state index contributed by atoms with van der Waals surface area (Å²) < 4.78 is 28.1. The number of sulfonamides is 1. The van der Waals surface area contributed by atoms with Gasteiger partial charge in [-0.15, -0.1) is 0 Å². The fourth-order valence-corrected chi connectivity index (χ4v) is 2.38. The number of aryl methyl sites for hydroxylation is 1. The van der Waals surface area contributed by atoms with Crippen LogP contribution in [0.5, 0.6) is 0 Å². The summed E-state index contributed by atoms with van der Waals surface area (Å²) in [5.74, 6) is 0. The first-order chi connectivity index (χ1) is 8.12. The quantitative estimate of drug-likeness (QED) is 0.899. The van der Waals surface area contributed by atoms with Crippen LogP contribution in [0.4, 0.5) is 5.69 Å². The molecule has 1 N–H and O–H groups in total. The number of nitrogens with zero attached hydrogens (tertiary/aromatic N) is 2. The summed E-state index contributed by atoms with van der Waals surface area (Å²) in [6, 6.07) is 8.73. The lowest BCUT2D eigenvalue weighted by Gasteiger charge is -2.04. The van der Waals surface area contributed by atoms with Crippen molar-refractivity contribution in [3.05, 3.63) is 42.9 Å². The van der Waals surface area contributed by atoms with Crippen LogP contribution < -0.4 is 4.72 Å². The summed E-state index contributed by atoms with van der Waals surface area (Å²) in [5, 5.41) is 0.0307. The minimum Gasteiger partial charge on any atom is -0.336 e. The van der Waals surface area contributed by atoms with Crippen molar-refractivity contribution in [3.63, 3.8) is 0 Å². The molecule has 90 valence electrons. The van der Waals surface area contributed by atoms with E-state index in [4.69, 9.17) is 0 Å². The molecule has 1 aromatic carbocycles. The van der Waals surface area contributed by atoms with Crippen molar-refractivity contribution in [3.8, 4) is 0 Å². The van der Waals surface area contributed by atoms with Gasteiger partial charge in [-0.25, -0.2) is 4.98 Å². The van der Waals surface area contributed by atoms with Gasteiger partial charge in [0.25, 0.3) is 10.0 Å². The van der Waals surface area contributed by atoms with Gasteiger partial charge in [0.15, 0.2) is 5.03 Å². The molecule has 0 bridgehead atoms. The van der Waals surface area contributed by atoms with E-state index >= 15 is 0 Å². The minimum atomic E-state index is -3.58. The first-order valence-corrected chi connectivity index (χ1v) is 6.70. The predicted octanol–water partition coefficient (Wildman–Crippen LogP) is 1.70. The Bertz CT molecular complexity index is 590. The Labute approximate surface area is 100 Å². The molecule has 0 spiro atoms. The Kier molecular flexibility index (Phi) is 3.14. The molecular weight excluding hydrogens is 238 g/mol. The van der Waals surface area contributed by atoms with E-state index in [9.17, 15) is 8.42 Å². The van der Waals surface area contributed by atoms with Gasteiger partial charge in [0.05, 0.1) is 6.33 Å². The lowest BCUT2D eigenvalue weighted by Crippen LogP contribution is -2.13. The number of aromatic nitrogens is 2. The highest BCUT2D eigenvalue weighted by atomic mass is 32.2. The van der Waals surface area contributed by atoms with E-state index in [0.29, 0.717) is 12.2 Å². The molecule has 17 heavy (non-hydrogen) atoms. The van der Waals surface area contributed by atoms with Crippen LogP contribution >= 0.6 is 0 Å². The highest BCUT2D eigenvalue weighted by molar-refractivity contribution is 7.92. The number of para-hydroxylation sites is 1. The monoisotopic (exact) mass is 251 g/mol. The third-order valence-corrected chi connectivity index (χ3v) is 3.54. The molecule has 6 heteroatoms. The van der Waals surface area contributed by atoms with Crippen molar-refractivity contribution in [2.75, 3.05) is 4.72 Å². The summed E-state index contributed by atoms with van der Waals surface area (Å²) >= 11 is 0. The van der Waals surface area contributed by atoms with Gasteiger partial charge in [-0.05, 0) is 19.1 Å². The zero-order chi connectivity index (χ0) is 12.3. The predicted molar refractivity (Wildman–Crippen MR) is 65.2 cm³/mol. The molecule has 2 rings (SSSR count). The van der Waals surface area contributed by atoms with Crippen molar-refractivity contribution in [2.24, 2.45) is 0 Å². The summed E-state index contributed by atoms with van der Waals surface area (Å²) in [4.78, 5) is 3.87. The summed E-state index contributed by atoms with van der Waals surface area (Å²) in [6.07, 6.45) is 3.00. The lowest BCUT2D eigenvalue weighted by molar-refractivity contribution is 0.598. The molecule has 0 fully saturated rings. The number of benzene rings is 1. The molecule has 2 aromatic rings. The zero-order valence-corrected chi connectivity index (χ0v) is 10.2. The van der Waals surface area contributed by atoms with Crippen LogP contribution in [0.25, 0.3) is 0 Å². The number of nitrogens with one attached hydrogen (secondary N) is 1. The van der Waals surface area contributed by atoms with E-state index in [1.807, 2.05) is 13.0 Å². The van der Waals surface area contributed by atoms with Crippen molar-refractivity contribution in [1.29, 1.82) is 0 Å². The maximum atomic E-state index is 11.9. The minimum absolute atomic E-state index is 0.0307. The van der Waals surface area contributed by atoms with Gasteiger partial charge in [-0.1, -0.05) is 18.2 Å². The standard InChI is InChI=1S/C11H13N3O2S/c1-2-14-8-11(12-9-14)17(15,16)13-10-6-4-3-5-7-10/h3-9,13H,2H2,1H3. The molecule has 0 aliphatic rings. The molecule has 0 unspecified atom stereocenters. The van der Waals surface area contributed by atoms with Crippen LogP contribution in [0.2, 0.25) is 0 Å². The summed E-state index contributed by atoms with van der Waals surface area (Å²) in [6.45, 7) is 2.61. The van der Waals surface area contributed by atoms with E-state index in [0.717, 1.165) is 0 Å². The Morgan fingerprint density at radius 2 is 2.00 bits per heavy atom. The number of anilines is 1. The molecule has 0 amide bonds. The summed E-state index contributed by atoms with van der Waals surface area (Å²) in [7, 11) is -3.58. The van der Waals surface area contributed by atoms with Gasteiger partial charge in [-0.3, -0.25) is 4.72 Å². The lowest BCUT2D eigenvalue weighted by atomic mass is 10.3. The maximum Gasteiger partial charge on any atom is 0.280 e. The molecule has 0 radical (unpaired) electrons. The number of rotatable bonds is 4. The third-order valence-electron chi connectivity index (χ3n) is 2.28. The van der Waals surface area contributed by atoms with Crippen LogP contribution in [-0.4, -0.2) is 18.0 Å². The number of hydrogen-bond acceptors (Lipinski definition) is 3. The Morgan fingerprint density at radius 1 is 1.29 bits per heavy atom. The van der Waals surface area contributed by atoms with Gasteiger partial charge in [0.2, 0.25) is 0 Å². The third kappa shape index (κ3) is 2.65. The van der Waals surface area contributed by atoms with E-state index in [2.05, 4.69) is 9.71 Å². The zero-order valence-electron chi connectivity index (χ0n) is 9.37. The Hall–Kier alpha value is -1.82. The highest BCUT2D eigenvalue weighted by Gasteiger charge is 2.16. The molecular formula is C11H13N3O2S. The van der Waals surface area contributed by atoms with Crippen LogP contribution in [-0.2, 0) is 16.6 Å².